The zero-order valence-corrected chi connectivity index (χ0v) is 9.17. The molecule has 1 aromatic carbocycles. The van der Waals surface area contributed by atoms with Crippen LogP contribution in [0.5, 0.6) is 0 Å². The number of aryl methyl sites for hydroxylation is 1. The first-order valence-electron chi connectivity index (χ1n) is 5.21. The van der Waals surface area contributed by atoms with Crippen molar-refractivity contribution in [2.24, 2.45) is 0 Å². The second-order valence-electron chi connectivity index (χ2n) is 4.25. The number of hydrogen-bond donors (Lipinski definition) is 1. The van der Waals surface area contributed by atoms with E-state index in [0.717, 1.165) is 13.1 Å². The molecule has 1 N–H and O–H groups in total. The highest BCUT2D eigenvalue weighted by atomic mass is 15.1. The van der Waals surface area contributed by atoms with E-state index in [1.165, 1.54) is 16.8 Å². The largest absolute Gasteiger partial charge is 0.373 e. The molecule has 1 aromatic rings. The molecule has 2 rings (SSSR count). The van der Waals surface area contributed by atoms with Gasteiger partial charge in [0.2, 0.25) is 0 Å². The summed E-state index contributed by atoms with van der Waals surface area (Å²) in [5, 5.41) is 3.52. The molecule has 0 aliphatic carbocycles. The van der Waals surface area contributed by atoms with E-state index in [4.69, 9.17) is 0 Å². The Morgan fingerprint density at radius 3 is 3.00 bits per heavy atom. The molecule has 0 amide bonds. The van der Waals surface area contributed by atoms with Gasteiger partial charge in [0.25, 0.3) is 0 Å². The number of benzene rings is 1. The molecule has 0 spiro atoms. The molecular weight excluding hydrogens is 172 g/mol. The molecular formula is C12H18N2. The van der Waals surface area contributed by atoms with Crippen LogP contribution < -0.4 is 10.2 Å². The van der Waals surface area contributed by atoms with E-state index in [0.29, 0.717) is 6.04 Å². The smallest absolute Gasteiger partial charge is 0.0439 e. The summed E-state index contributed by atoms with van der Waals surface area (Å²) in [7, 11) is 2.18. The van der Waals surface area contributed by atoms with Crippen LogP contribution in [0.2, 0.25) is 0 Å². The fourth-order valence-corrected chi connectivity index (χ4v) is 2.26. The van der Waals surface area contributed by atoms with Crippen LogP contribution in [0.15, 0.2) is 18.2 Å². The van der Waals surface area contributed by atoms with Gasteiger partial charge in [0.15, 0.2) is 0 Å². The highest BCUT2D eigenvalue weighted by molar-refractivity contribution is 5.59. The number of nitrogens with zero attached hydrogens (tertiary/aromatic N) is 1. The van der Waals surface area contributed by atoms with Crippen molar-refractivity contribution in [1.29, 1.82) is 0 Å². The molecule has 2 heteroatoms. The lowest BCUT2D eigenvalue weighted by atomic mass is 10.1. The third-order valence-electron chi connectivity index (χ3n) is 2.89. The predicted molar refractivity (Wildman–Crippen MR) is 60.8 cm³/mol. The topological polar surface area (TPSA) is 15.3 Å². The highest BCUT2D eigenvalue weighted by Crippen LogP contribution is 2.26. The van der Waals surface area contributed by atoms with Crippen molar-refractivity contribution in [2.45, 2.75) is 26.4 Å². The number of nitrogens with one attached hydrogen (secondary N) is 1. The Bertz CT molecular complexity index is 333. The van der Waals surface area contributed by atoms with Crippen molar-refractivity contribution in [3.63, 3.8) is 0 Å². The molecule has 0 fully saturated rings. The molecule has 0 aromatic heterocycles. The summed E-state index contributed by atoms with van der Waals surface area (Å²) in [5.41, 5.74) is 4.20. The Hall–Kier alpha value is -1.02. The maximum Gasteiger partial charge on any atom is 0.0439 e. The number of para-hydroxylation sites is 1. The number of anilines is 1. The Labute approximate surface area is 85.9 Å². The molecule has 1 heterocycles. The monoisotopic (exact) mass is 190 g/mol. The molecule has 0 radical (unpaired) electrons. The van der Waals surface area contributed by atoms with Gasteiger partial charge in [-0.15, -0.1) is 0 Å². The Morgan fingerprint density at radius 2 is 2.21 bits per heavy atom. The molecule has 14 heavy (non-hydrogen) atoms. The Kier molecular flexibility index (Phi) is 2.46. The predicted octanol–water partition coefficient (Wildman–Crippen LogP) is 1.92. The van der Waals surface area contributed by atoms with Gasteiger partial charge in [-0.25, -0.2) is 0 Å². The van der Waals surface area contributed by atoms with Crippen LogP contribution in [0.3, 0.4) is 0 Å². The van der Waals surface area contributed by atoms with Gasteiger partial charge in [0, 0.05) is 31.9 Å². The van der Waals surface area contributed by atoms with Crippen LogP contribution in [0, 0.1) is 6.92 Å². The zero-order chi connectivity index (χ0) is 10.1. The van der Waals surface area contributed by atoms with Crippen molar-refractivity contribution >= 4 is 5.69 Å². The first kappa shape index (κ1) is 9.53. The van der Waals surface area contributed by atoms with Crippen molar-refractivity contribution < 1.29 is 0 Å². The summed E-state index contributed by atoms with van der Waals surface area (Å²) < 4.78 is 0. The fourth-order valence-electron chi connectivity index (χ4n) is 2.26. The number of fused-ring (bicyclic) bond motifs is 1. The van der Waals surface area contributed by atoms with E-state index in [1.54, 1.807) is 0 Å². The van der Waals surface area contributed by atoms with Crippen molar-refractivity contribution in [1.82, 2.24) is 5.32 Å². The molecule has 1 aliphatic heterocycles. The normalized spacial score (nSPS) is 21.6. The maximum absolute atomic E-state index is 3.52. The third kappa shape index (κ3) is 1.62. The molecule has 0 saturated carbocycles. The maximum atomic E-state index is 3.52. The second kappa shape index (κ2) is 3.62. The molecule has 76 valence electrons. The van der Waals surface area contributed by atoms with E-state index in [-0.39, 0.29) is 0 Å². The van der Waals surface area contributed by atoms with Gasteiger partial charge in [-0.05, 0) is 25.0 Å². The average Bonchev–Trinajstić information content (AvgIpc) is 2.27. The zero-order valence-electron chi connectivity index (χ0n) is 9.17. The van der Waals surface area contributed by atoms with Gasteiger partial charge in [-0.1, -0.05) is 18.2 Å². The average molecular weight is 190 g/mol. The lowest BCUT2D eigenvalue weighted by molar-refractivity contribution is 0.563. The molecule has 1 unspecified atom stereocenters. The number of hydrogen-bond acceptors (Lipinski definition) is 2. The summed E-state index contributed by atoms with van der Waals surface area (Å²) in [4.78, 5) is 2.36. The lowest BCUT2D eigenvalue weighted by Crippen LogP contribution is -2.33. The Balaban J connectivity index is 2.44. The minimum Gasteiger partial charge on any atom is -0.373 e. The van der Waals surface area contributed by atoms with Gasteiger partial charge in [0.05, 0.1) is 0 Å². The van der Waals surface area contributed by atoms with Crippen LogP contribution in [0.1, 0.15) is 18.1 Å². The van der Waals surface area contributed by atoms with E-state index in [1.807, 2.05) is 0 Å². The minimum absolute atomic E-state index is 0.562. The van der Waals surface area contributed by atoms with Gasteiger partial charge >= 0.3 is 0 Å². The lowest BCUT2D eigenvalue weighted by Gasteiger charge is -2.22. The molecule has 0 bridgehead atoms. The summed E-state index contributed by atoms with van der Waals surface area (Å²) in [5.74, 6) is 0. The van der Waals surface area contributed by atoms with Crippen molar-refractivity contribution in [3.05, 3.63) is 29.3 Å². The molecule has 1 aliphatic rings. The van der Waals surface area contributed by atoms with Crippen LogP contribution in [0.4, 0.5) is 5.69 Å². The summed E-state index contributed by atoms with van der Waals surface area (Å²) in [6.07, 6.45) is 0. The van der Waals surface area contributed by atoms with Crippen molar-refractivity contribution in [3.8, 4) is 0 Å². The van der Waals surface area contributed by atoms with E-state index >= 15 is 0 Å². The second-order valence-corrected chi connectivity index (χ2v) is 4.25. The standard InChI is InChI=1S/C12H18N2/c1-9-5-4-6-11-7-13-10(2)8-14(3)12(9)11/h4-6,10,13H,7-8H2,1-3H3. The molecule has 2 nitrogen and oxygen atoms in total. The molecule has 1 atom stereocenters. The number of likely N-dealkylation sites (N-methyl/N-ethyl adjacent to an activating group) is 1. The van der Waals surface area contributed by atoms with E-state index < -0.39 is 0 Å². The summed E-state index contributed by atoms with van der Waals surface area (Å²) in [6.45, 7) is 6.49. The summed E-state index contributed by atoms with van der Waals surface area (Å²) >= 11 is 0. The Morgan fingerprint density at radius 1 is 1.43 bits per heavy atom. The number of rotatable bonds is 0. The molecule has 0 saturated heterocycles. The van der Waals surface area contributed by atoms with Gasteiger partial charge < -0.3 is 10.2 Å². The third-order valence-corrected chi connectivity index (χ3v) is 2.89. The van der Waals surface area contributed by atoms with Crippen LogP contribution in [0.25, 0.3) is 0 Å². The highest BCUT2D eigenvalue weighted by Gasteiger charge is 2.16. The quantitative estimate of drug-likeness (QED) is 0.672. The van der Waals surface area contributed by atoms with E-state index in [9.17, 15) is 0 Å². The van der Waals surface area contributed by atoms with E-state index in [2.05, 4.69) is 49.3 Å². The van der Waals surface area contributed by atoms with Gasteiger partial charge in [-0.3, -0.25) is 0 Å². The first-order valence-corrected chi connectivity index (χ1v) is 5.21. The SMILES string of the molecule is Cc1cccc2c1N(C)CC(C)NC2. The van der Waals surface area contributed by atoms with Crippen LogP contribution in [-0.2, 0) is 6.54 Å². The van der Waals surface area contributed by atoms with Crippen molar-refractivity contribution in [2.75, 3.05) is 18.5 Å². The summed E-state index contributed by atoms with van der Waals surface area (Å²) in [6, 6.07) is 7.10. The van der Waals surface area contributed by atoms with Crippen LogP contribution in [-0.4, -0.2) is 19.6 Å². The van der Waals surface area contributed by atoms with Gasteiger partial charge in [-0.2, -0.15) is 0 Å². The fraction of sp³-hybridized carbons (Fsp3) is 0.500. The van der Waals surface area contributed by atoms with Crippen LogP contribution >= 0.6 is 0 Å². The van der Waals surface area contributed by atoms with Gasteiger partial charge in [0.1, 0.15) is 0 Å². The minimum atomic E-state index is 0.562. The first-order chi connectivity index (χ1) is 6.68.